The zero-order valence-corrected chi connectivity index (χ0v) is 12.4. The molecule has 0 heterocycles. The van der Waals surface area contributed by atoms with Crippen LogP contribution in [0, 0.1) is 0 Å². The predicted molar refractivity (Wildman–Crippen MR) is 78.5 cm³/mol. The Hall–Kier alpha value is -0.490. The Morgan fingerprint density at radius 2 is 1.55 bits per heavy atom. The van der Waals surface area contributed by atoms with Gasteiger partial charge in [0.2, 0.25) is 0 Å². The lowest BCUT2D eigenvalue weighted by Gasteiger charge is -2.33. The lowest BCUT2D eigenvalue weighted by atomic mass is 9.78. The first-order valence-electron chi connectivity index (χ1n) is 6.07. The van der Waals surface area contributed by atoms with Crippen molar-refractivity contribution in [2.75, 3.05) is 0 Å². The molecule has 20 heavy (non-hydrogen) atoms. The van der Waals surface area contributed by atoms with Crippen molar-refractivity contribution < 1.29 is 13.2 Å². The van der Waals surface area contributed by atoms with Gasteiger partial charge in [-0.2, -0.15) is 13.2 Å². The molecular weight excluding hydrogens is 312 g/mol. The van der Waals surface area contributed by atoms with Gasteiger partial charge >= 0.3 is 6.18 Å². The predicted octanol–water partition coefficient (Wildman–Crippen LogP) is 3.47. The zero-order valence-electron chi connectivity index (χ0n) is 10.8. The number of hydrogen-bond acceptors (Lipinski definition) is 2. The molecule has 4 N–H and O–H groups in total. The molecule has 116 valence electrons. The molecule has 0 bridgehead atoms. The van der Waals surface area contributed by atoms with Crippen LogP contribution in [-0.2, 0) is 6.18 Å². The van der Waals surface area contributed by atoms with E-state index >= 15 is 0 Å². The molecule has 0 radical (unpaired) electrons. The van der Waals surface area contributed by atoms with E-state index in [0.717, 1.165) is 6.07 Å². The smallest absolute Gasteiger partial charge is 0.326 e. The summed E-state index contributed by atoms with van der Waals surface area (Å²) in [5.41, 5.74) is 11.5. The maximum Gasteiger partial charge on any atom is 0.416 e. The number of halogens is 5. The summed E-state index contributed by atoms with van der Waals surface area (Å²) in [6.45, 7) is 0. The molecule has 0 aromatic heterocycles. The first-order valence-corrected chi connectivity index (χ1v) is 6.07. The van der Waals surface area contributed by atoms with Crippen LogP contribution in [0.1, 0.15) is 36.3 Å². The van der Waals surface area contributed by atoms with Gasteiger partial charge in [-0.25, -0.2) is 0 Å². The zero-order chi connectivity index (χ0) is 13.3. The number of hydrogen-bond donors (Lipinski definition) is 2. The van der Waals surface area contributed by atoms with E-state index in [1.54, 1.807) is 12.1 Å². The van der Waals surface area contributed by atoms with Crippen LogP contribution in [0.15, 0.2) is 24.3 Å². The minimum atomic E-state index is -4.31. The Morgan fingerprint density at radius 3 is 2.10 bits per heavy atom. The molecule has 0 unspecified atom stereocenters. The van der Waals surface area contributed by atoms with Gasteiger partial charge in [0.15, 0.2) is 0 Å². The van der Waals surface area contributed by atoms with Crippen molar-refractivity contribution in [3.05, 3.63) is 35.4 Å². The topological polar surface area (TPSA) is 52.0 Å². The third kappa shape index (κ3) is 4.25. The Morgan fingerprint density at radius 1 is 0.950 bits per heavy atom. The SMILES string of the molecule is Cl.Cl.N[C@H]1CC[C@H](c2ccccc2C(F)(F)F)C[C@@H]1N. The fourth-order valence-electron chi connectivity index (χ4n) is 2.62. The fourth-order valence-corrected chi connectivity index (χ4v) is 2.62. The minimum absolute atomic E-state index is 0. The third-order valence-electron chi connectivity index (χ3n) is 3.66. The molecule has 7 heteroatoms. The van der Waals surface area contributed by atoms with Crippen LogP contribution < -0.4 is 11.5 Å². The van der Waals surface area contributed by atoms with Gasteiger partial charge in [-0.05, 0) is 36.8 Å². The lowest BCUT2D eigenvalue weighted by molar-refractivity contribution is -0.138. The van der Waals surface area contributed by atoms with Crippen LogP contribution >= 0.6 is 24.8 Å². The molecule has 1 aliphatic rings. The van der Waals surface area contributed by atoms with Crippen LogP contribution in [0.2, 0.25) is 0 Å². The van der Waals surface area contributed by atoms with Gasteiger partial charge in [0, 0.05) is 12.1 Å². The summed E-state index contributed by atoms with van der Waals surface area (Å²) in [4.78, 5) is 0. The van der Waals surface area contributed by atoms with E-state index in [4.69, 9.17) is 11.5 Å². The molecule has 1 saturated carbocycles. The highest BCUT2D eigenvalue weighted by molar-refractivity contribution is 5.85. The number of nitrogens with two attached hydrogens (primary N) is 2. The highest BCUT2D eigenvalue weighted by atomic mass is 35.5. The molecule has 1 aromatic rings. The van der Waals surface area contributed by atoms with Gasteiger partial charge in [0.05, 0.1) is 5.56 Å². The molecule has 1 fully saturated rings. The van der Waals surface area contributed by atoms with Crippen molar-refractivity contribution in [2.45, 2.75) is 43.4 Å². The van der Waals surface area contributed by atoms with Crippen LogP contribution in [0.4, 0.5) is 13.2 Å². The van der Waals surface area contributed by atoms with Gasteiger partial charge in [0.1, 0.15) is 0 Å². The van der Waals surface area contributed by atoms with Crippen molar-refractivity contribution in [3.8, 4) is 0 Å². The Kier molecular flexibility index (Phi) is 7.32. The molecule has 0 aliphatic heterocycles. The van der Waals surface area contributed by atoms with Crippen LogP contribution in [-0.4, -0.2) is 12.1 Å². The summed E-state index contributed by atoms with van der Waals surface area (Å²) in [5.74, 6) is -0.141. The van der Waals surface area contributed by atoms with E-state index in [-0.39, 0.29) is 42.8 Å². The molecule has 3 atom stereocenters. The van der Waals surface area contributed by atoms with E-state index in [9.17, 15) is 13.2 Å². The van der Waals surface area contributed by atoms with Crippen molar-refractivity contribution in [3.63, 3.8) is 0 Å². The highest BCUT2D eigenvalue weighted by Gasteiger charge is 2.36. The standard InChI is InChI=1S/C13H17F3N2.2ClH/c14-13(15,16)10-4-2-1-3-9(10)8-5-6-11(17)12(18)7-8;;/h1-4,8,11-12H,5-7,17-18H2;2*1H/t8-,11-,12-;;/m0../s1. The van der Waals surface area contributed by atoms with Crippen molar-refractivity contribution in [1.29, 1.82) is 0 Å². The summed E-state index contributed by atoms with van der Waals surface area (Å²) in [7, 11) is 0. The van der Waals surface area contributed by atoms with E-state index < -0.39 is 11.7 Å². The summed E-state index contributed by atoms with van der Waals surface area (Å²) < 4.78 is 38.8. The average molecular weight is 331 g/mol. The van der Waals surface area contributed by atoms with E-state index in [0.29, 0.717) is 24.8 Å². The summed E-state index contributed by atoms with van der Waals surface area (Å²) in [6.07, 6.45) is -2.44. The molecule has 1 aliphatic carbocycles. The quantitative estimate of drug-likeness (QED) is 0.828. The van der Waals surface area contributed by atoms with Crippen molar-refractivity contribution in [1.82, 2.24) is 0 Å². The lowest BCUT2D eigenvalue weighted by Crippen LogP contribution is -2.45. The van der Waals surface area contributed by atoms with Crippen molar-refractivity contribution in [2.24, 2.45) is 11.5 Å². The maximum atomic E-state index is 12.9. The second kappa shape index (κ2) is 7.50. The van der Waals surface area contributed by atoms with Crippen LogP contribution in [0.3, 0.4) is 0 Å². The van der Waals surface area contributed by atoms with Gasteiger partial charge < -0.3 is 11.5 Å². The number of alkyl halides is 3. The largest absolute Gasteiger partial charge is 0.416 e. The first-order chi connectivity index (χ1) is 8.39. The molecule has 2 nitrogen and oxygen atoms in total. The Balaban J connectivity index is 0.00000180. The third-order valence-corrected chi connectivity index (χ3v) is 3.66. The second-order valence-corrected chi connectivity index (χ2v) is 4.92. The summed E-state index contributed by atoms with van der Waals surface area (Å²) in [6, 6.07) is 5.43. The Labute approximate surface area is 128 Å². The van der Waals surface area contributed by atoms with Gasteiger partial charge in [-0.15, -0.1) is 24.8 Å². The highest BCUT2D eigenvalue weighted by Crippen LogP contribution is 2.39. The summed E-state index contributed by atoms with van der Waals surface area (Å²) >= 11 is 0. The van der Waals surface area contributed by atoms with E-state index in [1.807, 2.05) is 0 Å². The normalized spacial score (nSPS) is 26.4. The molecule has 0 amide bonds. The average Bonchev–Trinajstić information content (AvgIpc) is 2.32. The molecule has 1 aromatic carbocycles. The maximum absolute atomic E-state index is 12.9. The molecule has 0 saturated heterocycles. The minimum Gasteiger partial charge on any atom is -0.326 e. The van der Waals surface area contributed by atoms with Crippen LogP contribution in [0.5, 0.6) is 0 Å². The van der Waals surface area contributed by atoms with Crippen molar-refractivity contribution >= 4 is 24.8 Å². The van der Waals surface area contributed by atoms with E-state index in [2.05, 4.69) is 0 Å². The number of rotatable bonds is 1. The Bertz CT molecular complexity index is 426. The van der Waals surface area contributed by atoms with E-state index in [1.165, 1.54) is 6.07 Å². The first kappa shape index (κ1) is 19.5. The molecule has 0 spiro atoms. The number of benzene rings is 1. The van der Waals surface area contributed by atoms with Gasteiger partial charge in [-0.1, -0.05) is 18.2 Å². The second-order valence-electron chi connectivity index (χ2n) is 4.92. The van der Waals surface area contributed by atoms with Crippen LogP contribution in [0.25, 0.3) is 0 Å². The summed E-state index contributed by atoms with van der Waals surface area (Å²) in [5, 5.41) is 0. The monoisotopic (exact) mass is 330 g/mol. The fraction of sp³-hybridized carbons (Fsp3) is 0.538. The molecular formula is C13H19Cl2F3N2. The van der Waals surface area contributed by atoms with Gasteiger partial charge in [-0.3, -0.25) is 0 Å². The molecule has 2 rings (SSSR count). The van der Waals surface area contributed by atoms with Gasteiger partial charge in [0.25, 0.3) is 0 Å².